The molecule has 0 fully saturated rings. The van der Waals surface area contributed by atoms with Gasteiger partial charge in [0.25, 0.3) is 0 Å². The van der Waals surface area contributed by atoms with E-state index in [-0.39, 0.29) is 12.0 Å². The molecule has 0 heterocycles. The van der Waals surface area contributed by atoms with Gasteiger partial charge in [0.2, 0.25) is 0 Å². The highest BCUT2D eigenvalue weighted by atomic mass is 16.4. The third kappa shape index (κ3) is 4.03. The zero-order valence-corrected chi connectivity index (χ0v) is 10.1. The summed E-state index contributed by atoms with van der Waals surface area (Å²) in [5.74, 6) is -0.827. The van der Waals surface area contributed by atoms with Gasteiger partial charge in [-0.1, -0.05) is 45.0 Å². The number of carboxylic acids is 1. The number of nitrogens with one attached hydrogen (secondary N) is 1. The minimum absolute atomic E-state index is 0.00101. The van der Waals surface area contributed by atoms with Crippen LogP contribution in [0, 0.1) is 0 Å². The predicted octanol–water partition coefficient (Wildman–Crippen LogP) is 2.16. The highest BCUT2D eigenvalue weighted by molar-refractivity contribution is 5.68. The van der Waals surface area contributed by atoms with Gasteiger partial charge < -0.3 is 10.4 Å². The molecule has 16 heavy (non-hydrogen) atoms. The number of carboxylic acid groups (broad SMARTS) is 1. The van der Waals surface area contributed by atoms with Crippen molar-refractivity contribution in [3.63, 3.8) is 0 Å². The molecule has 2 N–H and O–H groups in total. The van der Waals surface area contributed by atoms with Crippen molar-refractivity contribution in [3.05, 3.63) is 35.4 Å². The van der Waals surface area contributed by atoms with Gasteiger partial charge in [0.1, 0.15) is 0 Å². The molecule has 0 saturated heterocycles. The van der Waals surface area contributed by atoms with E-state index in [0.29, 0.717) is 6.54 Å². The Morgan fingerprint density at radius 3 is 2.25 bits per heavy atom. The Hall–Kier alpha value is -1.35. The van der Waals surface area contributed by atoms with E-state index in [1.807, 2.05) is 12.1 Å². The van der Waals surface area contributed by atoms with Crippen LogP contribution in [0.3, 0.4) is 0 Å². The van der Waals surface area contributed by atoms with Crippen LogP contribution >= 0.6 is 0 Å². The zero-order valence-electron chi connectivity index (χ0n) is 10.1. The van der Waals surface area contributed by atoms with Crippen molar-refractivity contribution in [3.8, 4) is 0 Å². The summed E-state index contributed by atoms with van der Waals surface area (Å²) in [6.45, 7) is 7.11. The van der Waals surface area contributed by atoms with Crippen molar-refractivity contribution >= 4 is 5.97 Å². The molecule has 3 nitrogen and oxygen atoms in total. The molecule has 0 radical (unpaired) electrons. The quantitative estimate of drug-likeness (QED) is 0.819. The molecule has 3 heteroatoms. The molecule has 0 aliphatic carbocycles. The van der Waals surface area contributed by atoms with E-state index in [4.69, 9.17) is 5.11 Å². The first-order valence-electron chi connectivity index (χ1n) is 5.41. The molecule has 0 unspecified atom stereocenters. The molecule has 1 rings (SSSR count). The maximum Gasteiger partial charge on any atom is 0.317 e. The maximum absolute atomic E-state index is 10.3. The SMILES string of the molecule is CC(C)(C)c1ccc(CNCC(=O)O)cc1. The van der Waals surface area contributed by atoms with Crippen LogP contribution in [0.25, 0.3) is 0 Å². The fraction of sp³-hybridized carbons (Fsp3) is 0.462. The number of carbonyl (C=O) groups is 1. The van der Waals surface area contributed by atoms with Gasteiger partial charge in [0.15, 0.2) is 0 Å². The van der Waals surface area contributed by atoms with Crippen LogP contribution in [0.15, 0.2) is 24.3 Å². The summed E-state index contributed by atoms with van der Waals surface area (Å²) < 4.78 is 0. The predicted molar refractivity (Wildman–Crippen MR) is 64.5 cm³/mol. The smallest absolute Gasteiger partial charge is 0.317 e. The highest BCUT2D eigenvalue weighted by Gasteiger charge is 2.12. The largest absolute Gasteiger partial charge is 0.480 e. The lowest BCUT2D eigenvalue weighted by molar-refractivity contribution is -0.135. The Labute approximate surface area is 96.5 Å². The molecule has 0 amide bonds. The summed E-state index contributed by atoms with van der Waals surface area (Å²) in [5, 5.41) is 11.3. The normalized spacial score (nSPS) is 11.4. The van der Waals surface area contributed by atoms with E-state index < -0.39 is 5.97 Å². The van der Waals surface area contributed by atoms with Crippen molar-refractivity contribution in [2.45, 2.75) is 32.7 Å². The first kappa shape index (κ1) is 12.7. The van der Waals surface area contributed by atoms with Gasteiger partial charge in [-0.25, -0.2) is 0 Å². The van der Waals surface area contributed by atoms with Crippen molar-refractivity contribution in [2.75, 3.05) is 6.54 Å². The molecule has 0 aromatic heterocycles. The number of rotatable bonds is 4. The molecule has 88 valence electrons. The summed E-state index contributed by atoms with van der Waals surface area (Å²) in [7, 11) is 0. The molecular formula is C13H19NO2. The number of benzene rings is 1. The van der Waals surface area contributed by atoms with Gasteiger partial charge in [-0.05, 0) is 16.5 Å². The van der Waals surface area contributed by atoms with E-state index in [9.17, 15) is 4.79 Å². The highest BCUT2D eigenvalue weighted by Crippen LogP contribution is 2.21. The third-order valence-corrected chi connectivity index (χ3v) is 2.43. The average Bonchev–Trinajstić information content (AvgIpc) is 2.16. The molecule has 0 atom stereocenters. The standard InChI is InChI=1S/C13H19NO2/c1-13(2,3)11-6-4-10(5-7-11)8-14-9-12(15)16/h4-7,14H,8-9H2,1-3H3,(H,15,16). The molecule has 0 saturated carbocycles. The second-order valence-corrected chi connectivity index (χ2v) is 4.94. The fourth-order valence-corrected chi connectivity index (χ4v) is 1.44. The van der Waals surface area contributed by atoms with Crippen LogP contribution in [0.2, 0.25) is 0 Å². The van der Waals surface area contributed by atoms with Gasteiger partial charge in [0, 0.05) is 6.54 Å². The zero-order chi connectivity index (χ0) is 12.2. The van der Waals surface area contributed by atoms with Gasteiger partial charge in [-0.3, -0.25) is 4.79 Å². The summed E-state index contributed by atoms with van der Waals surface area (Å²) in [5.41, 5.74) is 2.55. The van der Waals surface area contributed by atoms with Gasteiger partial charge in [0.05, 0.1) is 6.54 Å². The van der Waals surface area contributed by atoms with Crippen LogP contribution in [-0.4, -0.2) is 17.6 Å². The van der Waals surface area contributed by atoms with E-state index in [0.717, 1.165) is 5.56 Å². The Morgan fingerprint density at radius 2 is 1.81 bits per heavy atom. The minimum Gasteiger partial charge on any atom is -0.480 e. The molecular weight excluding hydrogens is 202 g/mol. The van der Waals surface area contributed by atoms with Gasteiger partial charge in [-0.2, -0.15) is 0 Å². The van der Waals surface area contributed by atoms with Gasteiger partial charge >= 0.3 is 5.97 Å². The molecule has 0 aliphatic heterocycles. The van der Waals surface area contributed by atoms with Crippen LogP contribution in [0.4, 0.5) is 0 Å². The van der Waals surface area contributed by atoms with E-state index in [1.54, 1.807) is 0 Å². The van der Waals surface area contributed by atoms with Gasteiger partial charge in [-0.15, -0.1) is 0 Å². The fourth-order valence-electron chi connectivity index (χ4n) is 1.44. The summed E-state index contributed by atoms with van der Waals surface area (Å²) in [6, 6.07) is 8.26. The van der Waals surface area contributed by atoms with Crippen LogP contribution in [0.1, 0.15) is 31.9 Å². The molecule has 0 aliphatic rings. The average molecular weight is 221 g/mol. The second-order valence-electron chi connectivity index (χ2n) is 4.94. The molecule has 1 aromatic rings. The summed E-state index contributed by atoms with van der Waals surface area (Å²) in [6.07, 6.45) is 0. The second kappa shape index (κ2) is 5.12. The van der Waals surface area contributed by atoms with E-state index in [2.05, 4.69) is 38.2 Å². The Kier molecular flexibility index (Phi) is 4.07. The number of hydrogen-bond acceptors (Lipinski definition) is 2. The monoisotopic (exact) mass is 221 g/mol. The molecule has 1 aromatic carbocycles. The van der Waals surface area contributed by atoms with Crippen LogP contribution in [0.5, 0.6) is 0 Å². The lowest BCUT2D eigenvalue weighted by Gasteiger charge is -2.19. The number of hydrogen-bond donors (Lipinski definition) is 2. The lowest BCUT2D eigenvalue weighted by atomic mass is 9.87. The van der Waals surface area contributed by atoms with Crippen molar-refractivity contribution in [1.29, 1.82) is 0 Å². The van der Waals surface area contributed by atoms with Crippen molar-refractivity contribution in [1.82, 2.24) is 5.32 Å². The number of aliphatic carboxylic acids is 1. The van der Waals surface area contributed by atoms with Crippen molar-refractivity contribution in [2.24, 2.45) is 0 Å². The topological polar surface area (TPSA) is 49.3 Å². The van der Waals surface area contributed by atoms with Crippen LogP contribution in [-0.2, 0) is 16.8 Å². The Morgan fingerprint density at radius 1 is 1.25 bits per heavy atom. The maximum atomic E-state index is 10.3. The molecule has 0 bridgehead atoms. The first-order chi connectivity index (χ1) is 7.39. The van der Waals surface area contributed by atoms with E-state index >= 15 is 0 Å². The molecule has 0 spiro atoms. The Bertz CT molecular complexity index is 349. The lowest BCUT2D eigenvalue weighted by Crippen LogP contribution is -2.21. The van der Waals surface area contributed by atoms with Crippen LogP contribution < -0.4 is 5.32 Å². The van der Waals surface area contributed by atoms with E-state index in [1.165, 1.54) is 5.56 Å². The van der Waals surface area contributed by atoms with Crippen molar-refractivity contribution < 1.29 is 9.90 Å². The Balaban J connectivity index is 2.55. The minimum atomic E-state index is -0.827. The third-order valence-electron chi connectivity index (χ3n) is 2.43. The summed E-state index contributed by atoms with van der Waals surface area (Å²) >= 11 is 0. The summed E-state index contributed by atoms with van der Waals surface area (Å²) in [4.78, 5) is 10.3. The first-order valence-corrected chi connectivity index (χ1v) is 5.41.